The molecular weight excluding hydrogens is 434 g/mol. The second-order valence-corrected chi connectivity index (χ2v) is 9.16. The Labute approximate surface area is 198 Å². The van der Waals surface area contributed by atoms with E-state index in [9.17, 15) is 9.59 Å². The lowest BCUT2D eigenvalue weighted by Gasteiger charge is -2.32. The first-order chi connectivity index (χ1) is 16.2. The van der Waals surface area contributed by atoms with E-state index < -0.39 is 6.04 Å². The van der Waals surface area contributed by atoms with Crippen LogP contribution in [0, 0.1) is 0 Å². The molecule has 1 aromatic carbocycles. The minimum absolute atomic E-state index is 0.144. The summed E-state index contributed by atoms with van der Waals surface area (Å²) >= 11 is 1.53. The van der Waals surface area contributed by atoms with Gasteiger partial charge in [-0.2, -0.15) is 0 Å². The molecule has 2 amide bonds. The van der Waals surface area contributed by atoms with Crippen molar-refractivity contribution in [2.24, 2.45) is 0 Å². The highest BCUT2D eigenvalue weighted by Gasteiger charge is 2.34. The maximum Gasteiger partial charge on any atom is 0.248 e. The van der Waals surface area contributed by atoms with E-state index in [0.717, 1.165) is 36.1 Å². The van der Waals surface area contributed by atoms with Crippen molar-refractivity contribution in [3.63, 3.8) is 0 Å². The summed E-state index contributed by atoms with van der Waals surface area (Å²) in [5.74, 6) is 0.345. The van der Waals surface area contributed by atoms with E-state index in [1.165, 1.54) is 11.3 Å². The fourth-order valence-electron chi connectivity index (χ4n) is 4.29. The molecule has 1 N–H and O–H groups in total. The molecule has 3 aromatic rings. The molecule has 0 saturated heterocycles. The van der Waals surface area contributed by atoms with Gasteiger partial charge >= 0.3 is 0 Å². The molecule has 0 radical (unpaired) electrons. The van der Waals surface area contributed by atoms with Crippen LogP contribution < -0.4 is 15.0 Å². The highest BCUT2D eigenvalue weighted by molar-refractivity contribution is 7.10. The van der Waals surface area contributed by atoms with E-state index in [4.69, 9.17) is 4.74 Å². The van der Waals surface area contributed by atoms with Gasteiger partial charge in [-0.1, -0.05) is 25.0 Å². The van der Waals surface area contributed by atoms with Gasteiger partial charge in [0.25, 0.3) is 0 Å². The first-order valence-corrected chi connectivity index (χ1v) is 12.3. The van der Waals surface area contributed by atoms with Gasteiger partial charge in [-0.25, -0.2) is 0 Å². The summed E-state index contributed by atoms with van der Waals surface area (Å²) in [6, 6.07) is 14.2. The first kappa shape index (κ1) is 23.0. The Balaban J connectivity index is 1.75. The number of rotatable bonds is 9. The zero-order valence-electron chi connectivity index (χ0n) is 18.8. The maximum absolute atomic E-state index is 13.7. The fourth-order valence-corrected chi connectivity index (χ4v) is 4.98. The SMILES string of the molecule is CCOc1cccc(N(C(=O)Cc2cccs2)C(C(=O)NC2CCCC2)c2ccncc2)c1. The van der Waals surface area contributed by atoms with Crippen LogP contribution in [0.1, 0.15) is 49.1 Å². The molecule has 0 bridgehead atoms. The number of nitrogens with one attached hydrogen (secondary N) is 1. The number of aromatic nitrogens is 1. The summed E-state index contributed by atoms with van der Waals surface area (Å²) in [6.45, 7) is 2.43. The summed E-state index contributed by atoms with van der Waals surface area (Å²) < 4.78 is 5.69. The Kier molecular flexibility index (Phi) is 7.73. The van der Waals surface area contributed by atoms with Gasteiger partial charge in [0.15, 0.2) is 0 Å². The third kappa shape index (κ3) is 5.79. The van der Waals surface area contributed by atoms with E-state index in [0.29, 0.717) is 18.0 Å². The Morgan fingerprint density at radius 1 is 1.15 bits per heavy atom. The van der Waals surface area contributed by atoms with Crippen molar-refractivity contribution in [2.75, 3.05) is 11.5 Å². The van der Waals surface area contributed by atoms with E-state index in [-0.39, 0.29) is 24.3 Å². The van der Waals surface area contributed by atoms with Crippen molar-refractivity contribution < 1.29 is 14.3 Å². The Hall–Kier alpha value is -3.19. The Morgan fingerprint density at radius 3 is 2.64 bits per heavy atom. The predicted molar refractivity (Wildman–Crippen MR) is 130 cm³/mol. The summed E-state index contributed by atoms with van der Waals surface area (Å²) in [7, 11) is 0. The third-order valence-corrected chi connectivity index (χ3v) is 6.69. The highest BCUT2D eigenvalue weighted by Crippen LogP contribution is 2.32. The molecule has 33 heavy (non-hydrogen) atoms. The molecule has 4 rings (SSSR count). The number of ether oxygens (including phenoxy) is 1. The zero-order chi connectivity index (χ0) is 23.0. The van der Waals surface area contributed by atoms with Gasteiger partial charge in [0.2, 0.25) is 11.8 Å². The van der Waals surface area contributed by atoms with E-state index in [1.807, 2.05) is 48.7 Å². The minimum atomic E-state index is -0.807. The summed E-state index contributed by atoms with van der Waals surface area (Å²) in [5.41, 5.74) is 1.35. The number of benzene rings is 1. The van der Waals surface area contributed by atoms with Crippen LogP contribution in [0.5, 0.6) is 5.75 Å². The molecule has 7 heteroatoms. The molecule has 0 aliphatic heterocycles. The number of nitrogens with zero attached hydrogens (tertiary/aromatic N) is 2. The topological polar surface area (TPSA) is 71.5 Å². The van der Waals surface area contributed by atoms with Crippen molar-refractivity contribution in [3.8, 4) is 5.75 Å². The van der Waals surface area contributed by atoms with Crippen molar-refractivity contribution in [3.05, 3.63) is 76.7 Å². The molecular formula is C26H29N3O3S. The van der Waals surface area contributed by atoms with E-state index in [2.05, 4.69) is 10.3 Å². The van der Waals surface area contributed by atoms with Gasteiger partial charge in [-0.05, 0) is 61.0 Å². The number of thiophene rings is 1. The lowest BCUT2D eigenvalue weighted by Crippen LogP contribution is -2.46. The first-order valence-electron chi connectivity index (χ1n) is 11.4. The molecule has 1 aliphatic carbocycles. The van der Waals surface area contributed by atoms with Crippen molar-refractivity contribution in [1.82, 2.24) is 10.3 Å². The van der Waals surface area contributed by atoms with Crippen molar-refractivity contribution in [1.29, 1.82) is 0 Å². The van der Waals surface area contributed by atoms with Crippen molar-refractivity contribution in [2.45, 2.75) is 51.1 Å². The lowest BCUT2D eigenvalue weighted by atomic mass is 10.0. The molecule has 1 atom stereocenters. The second-order valence-electron chi connectivity index (χ2n) is 8.12. The third-order valence-electron chi connectivity index (χ3n) is 5.81. The Morgan fingerprint density at radius 2 is 1.94 bits per heavy atom. The molecule has 1 unspecified atom stereocenters. The number of carbonyl (C=O) groups is 2. The quantitative estimate of drug-likeness (QED) is 0.489. The van der Waals surface area contributed by atoms with Gasteiger partial charge in [-0.3, -0.25) is 19.5 Å². The number of amides is 2. The van der Waals surface area contributed by atoms with Gasteiger partial charge in [0.05, 0.1) is 13.0 Å². The highest BCUT2D eigenvalue weighted by atomic mass is 32.1. The smallest absolute Gasteiger partial charge is 0.248 e. The van der Waals surface area contributed by atoms with E-state index >= 15 is 0 Å². The fraction of sp³-hybridized carbons (Fsp3) is 0.346. The monoisotopic (exact) mass is 463 g/mol. The number of anilines is 1. The van der Waals surface area contributed by atoms with Crippen LogP contribution in [0.3, 0.4) is 0 Å². The largest absolute Gasteiger partial charge is 0.494 e. The van der Waals surface area contributed by atoms with Gasteiger partial charge in [0, 0.05) is 35.1 Å². The second kappa shape index (κ2) is 11.1. The van der Waals surface area contributed by atoms with Crippen LogP contribution in [-0.4, -0.2) is 29.4 Å². The van der Waals surface area contributed by atoms with Crippen LogP contribution in [0.4, 0.5) is 5.69 Å². The van der Waals surface area contributed by atoms with Crippen LogP contribution in [-0.2, 0) is 16.0 Å². The predicted octanol–water partition coefficient (Wildman–Crippen LogP) is 4.92. The van der Waals surface area contributed by atoms with Gasteiger partial charge in [0.1, 0.15) is 11.8 Å². The molecule has 1 saturated carbocycles. The van der Waals surface area contributed by atoms with Gasteiger partial charge < -0.3 is 10.1 Å². The molecule has 2 aromatic heterocycles. The standard InChI is InChI=1S/C26H29N3O3S/c1-2-32-22-10-5-9-21(17-22)29(24(30)18-23-11-6-16-33-23)25(19-12-14-27-15-13-19)26(31)28-20-7-3-4-8-20/h5-6,9-17,20,25H,2-4,7-8,18H2,1H3,(H,28,31). The molecule has 6 nitrogen and oxygen atoms in total. The average molecular weight is 464 g/mol. The average Bonchev–Trinajstić information content (AvgIpc) is 3.52. The van der Waals surface area contributed by atoms with E-state index in [1.54, 1.807) is 29.4 Å². The molecule has 0 spiro atoms. The number of carbonyl (C=O) groups excluding carboxylic acids is 2. The number of hydrogen-bond acceptors (Lipinski definition) is 5. The van der Waals surface area contributed by atoms with Crippen molar-refractivity contribution >= 4 is 28.8 Å². The summed E-state index contributed by atoms with van der Waals surface area (Å²) in [4.78, 5) is 34.1. The normalized spacial score (nSPS) is 14.6. The summed E-state index contributed by atoms with van der Waals surface area (Å²) in [6.07, 6.45) is 7.70. The maximum atomic E-state index is 13.7. The molecule has 1 fully saturated rings. The van der Waals surface area contributed by atoms with Gasteiger partial charge in [-0.15, -0.1) is 11.3 Å². The lowest BCUT2D eigenvalue weighted by molar-refractivity contribution is -0.127. The zero-order valence-corrected chi connectivity index (χ0v) is 19.6. The van der Waals surface area contributed by atoms with Crippen LogP contribution in [0.25, 0.3) is 0 Å². The van der Waals surface area contributed by atoms with Crippen LogP contribution in [0.15, 0.2) is 66.3 Å². The molecule has 172 valence electrons. The van der Waals surface area contributed by atoms with Crippen LogP contribution in [0.2, 0.25) is 0 Å². The minimum Gasteiger partial charge on any atom is -0.494 e. The Bertz CT molecular complexity index is 1050. The molecule has 1 aliphatic rings. The van der Waals surface area contributed by atoms with Crippen LogP contribution >= 0.6 is 11.3 Å². The molecule has 2 heterocycles. The summed E-state index contributed by atoms with van der Waals surface area (Å²) in [5, 5.41) is 5.15. The number of pyridine rings is 1. The number of hydrogen-bond donors (Lipinski definition) is 1.